The van der Waals surface area contributed by atoms with Crippen molar-refractivity contribution in [3.63, 3.8) is 0 Å². The van der Waals surface area contributed by atoms with Gasteiger partial charge in [0.25, 0.3) is 5.91 Å². The van der Waals surface area contributed by atoms with E-state index in [4.69, 9.17) is 4.74 Å². The molecule has 5 nitrogen and oxygen atoms in total. The summed E-state index contributed by atoms with van der Waals surface area (Å²) in [6.07, 6.45) is 0. The van der Waals surface area contributed by atoms with E-state index in [9.17, 15) is 9.18 Å². The van der Waals surface area contributed by atoms with Crippen LogP contribution in [0, 0.1) is 19.7 Å². The number of nitrogens with zero attached hydrogens (tertiary/aromatic N) is 2. The third-order valence-corrected chi connectivity index (χ3v) is 4.19. The second kappa shape index (κ2) is 7.39. The molecule has 0 fully saturated rings. The van der Waals surface area contributed by atoms with Gasteiger partial charge in [0.15, 0.2) is 0 Å². The van der Waals surface area contributed by atoms with Crippen LogP contribution in [-0.2, 0) is 6.54 Å². The highest BCUT2D eigenvalue weighted by Gasteiger charge is 2.15. The van der Waals surface area contributed by atoms with Crippen molar-refractivity contribution in [1.82, 2.24) is 9.78 Å². The van der Waals surface area contributed by atoms with Crippen molar-refractivity contribution in [1.29, 1.82) is 0 Å². The van der Waals surface area contributed by atoms with Crippen molar-refractivity contribution >= 4 is 11.6 Å². The van der Waals surface area contributed by atoms with Crippen LogP contribution < -0.4 is 10.1 Å². The van der Waals surface area contributed by atoms with Crippen LogP contribution >= 0.6 is 0 Å². The molecule has 0 bridgehead atoms. The number of halogens is 1. The maximum Gasteiger partial charge on any atom is 0.255 e. The fourth-order valence-electron chi connectivity index (χ4n) is 2.77. The lowest BCUT2D eigenvalue weighted by Crippen LogP contribution is -2.13. The largest absolute Gasteiger partial charge is 0.497 e. The van der Waals surface area contributed by atoms with Crippen molar-refractivity contribution in [2.45, 2.75) is 20.4 Å². The summed E-state index contributed by atoms with van der Waals surface area (Å²) in [6, 6.07) is 13.3. The molecule has 1 N–H and O–H groups in total. The van der Waals surface area contributed by atoms with Gasteiger partial charge in [-0.2, -0.15) is 5.10 Å². The lowest BCUT2D eigenvalue weighted by Gasteiger charge is -2.08. The summed E-state index contributed by atoms with van der Waals surface area (Å²) < 4.78 is 20.2. The Kier molecular flexibility index (Phi) is 5.02. The Balaban J connectivity index is 1.80. The Hall–Kier alpha value is -3.15. The number of anilines is 1. The van der Waals surface area contributed by atoms with E-state index in [-0.39, 0.29) is 11.7 Å². The zero-order chi connectivity index (χ0) is 18.7. The molecule has 0 unspecified atom stereocenters. The number of ether oxygens (including phenoxy) is 1. The highest BCUT2D eigenvalue weighted by molar-refractivity contribution is 6.04. The summed E-state index contributed by atoms with van der Waals surface area (Å²) in [6.45, 7) is 4.14. The fourth-order valence-corrected chi connectivity index (χ4v) is 2.77. The van der Waals surface area contributed by atoms with Crippen LogP contribution in [0.1, 0.15) is 27.3 Å². The zero-order valence-electron chi connectivity index (χ0n) is 14.9. The van der Waals surface area contributed by atoms with Crippen LogP contribution in [-0.4, -0.2) is 22.8 Å². The second-order valence-electron chi connectivity index (χ2n) is 6.02. The summed E-state index contributed by atoms with van der Waals surface area (Å²) in [5.74, 6) is 0.193. The lowest BCUT2D eigenvalue weighted by atomic mass is 10.2. The Morgan fingerprint density at radius 3 is 2.58 bits per heavy atom. The quantitative estimate of drug-likeness (QED) is 0.756. The van der Waals surface area contributed by atoms with Crippen molar-refractivity contribution in [3.05, 3.63) is 76.9 Å². The van der Waals surface area contributed by atoms with Gasteiger partial charge in [0, 0.05) is 5.56 Å². The number of amides is 1. The van der Waals surface area contributed by atoms with Crippen LogP contribution in [0.15, 0.2) is 48.5 Å². The van der Waals surface area contributed by atoms with Crippen molar-refractivity contribution < 1.29 is 13.9 Å². The van der Waals surface area contributed by atoms with E-state index < -0.39 is 0 Å². The molecule has 0 aliphatic heterocycles. The van der Waals surface area contributed by atoms with Gasteiger partial charge in [-0.3, -0.25) is 9.48 Å². The van der Waals surface area contributed by atoms with Gasteiger partial charge in [0.05, 0.1) is 30.7 Å². The van der Waals surface area contributed by atoms with Gasteiger partial charge >= 0.3 is 0 Å². The first-order valence-corrected chi connectivity index (χ1v) is 8.22. The highest BCUT2D eigenvalue weighted by Crippen LogP contribution is 2.22. The van der Waals surface area contributed by atoms with E-state index >= 15 is 0 Å². The standard InChI is InChI=1S/C20H20FN3O2/c1-13-19(22-20(25)16-7-9-18(26-3)10-8-16)14(2)24(23-13)12-15-5-4-6-17(21)11-15/h4-11H,12H2,1-3H3,(H,22,25). The van der Waals surface area contributed by atoms with Gasteiger partial charge in [-0.05, 0) is 55.8 Å². The van der Waals surface area contributed by atoms with Crippen LogP contribution in [0.4, 0.5) is 10.1 Å². The minimum Gasteiger partial charge on any atom is -0.497 e. The number of aromatic nitrogens is 2. The number of hydrogen-bond donors (Lipinski definition) is 1. The summed E-state index contributed by atoms with van der Waals surface area (Å²) in [5, 5.41) is 7.38. The monoisotopic (exact) mass is 353 g/mol. The number of carbonyl (C=O) groups is 1. The van der Waals surface area contributed by atoms with E-state index in [1.807, 2.05) is 19.9 Å². The molecule has 0 saturated carbocycles. The molecule has 6 heteroatoms. The Morgan fingerprint density at radius 1 is 1.19 bits per heavy atom. The maximum atomic E-state index is 13.4. The average Bonchev–Trinajstić information content (AvgIpc) is 2.89. The molecule has 1 heterocycles. The minimum absolute atomic E-state index is 0.218. The summed E-state index contributed by atoms with van der Waals surface area (Å²) in [4.78, 5) is 12.5. The number of rotatable bonds is 5. The zero-order valence-corrected chi connectivity index (χ0v) is 14.9. The van der Waals surface area contributed by atoms with Gasteiger partial charge in [0.2, 0.25) is 0 Å². The molecule has 3 rings (SSSR count). The third-order valence-electron chi connectivity index (χ3n) is 4.19. The second-order valence-corrected chi connectivity index (χ2v) is 6.02. The molecule has 134 valence electrons. The number of hydrogen-bond acceptors (Lipinski definition) is 3. The maximum absolute atomic E-state index is 13.4. The van der Waals surface area contributed by atoms with Crippen LogP contribution in [0.5, 0.6) is 5.75 Å². The van der Waals surface area contributed by atoms with Crippen LogP contribution in [0.3, 0.4) is 0 Å². The fraction of sp³-hybridized carbons (Fsp3) is 0.200. The smallest absolute Gasteiger partial charge is 0.255 e. The first-order valence-electron chi connectivity index (χ1n) is 8.22. The predicted molar refractivity (Wildman–Crippen MR) is 98.2 cm³/mol. The number of aryl methyl sites for hydroxylation is 1. The van der Waals surface area contributed by atoms with Crippen molar-refractivity contribution in [2.75, 3.05) is 12.4 Å². The number of benzene rings is 2. The van der Waals surface area contributed by atoms with Crippen LogP contribution in [0.2, 0.25) is 0 Å². The van der Waals surface area contributed by atoms with Crippen molar-refractivity contribution in [3.8, 4) is 5.75 Å². The van der Waals surface area contributed by atoms with E-state index in [1.165, 1.54) is 12.1 Å². The SMILES string of the molecule is COc1ccc(C(=O)Nc2c(C)nn(Cc3cccc(F)c3)c2C)cc1. The van der Waals surface area contributed by atoms with E-state index in [1.54, 1.807) is 42.1 Å². The molecule has 0 saturated heterocycles. The van der Waals surface area contributed by atoms with Crippen LogP contribution in [0.25, 0.3) is 0 Å². The molecular formula is C20H20FN3O2. The Bertz CT molecular complexity index is 933. The predicted octanol–water partition coefficient (Wildman–Crippen LogP) is 3.95. The highest BCUT2D eigenvalue weighted by atomic mass is 19.1. The molecule has 0 aliphatic carbocycles. The topological polar surface area (TPSA) is 56.1 Å². The molecular weight excluding hydrogens is 333 g/mol. The lowest BCUT2D eigenvalue weighted by molar-refractivity contribution is 0.102. The summed E-state index contributed by atoms with van der Waals surface area (Å²) >= 11 is 0. The first-order chi connectivity index (χ1) is 12.5. The Morgan fingerprint density at radius 2 is 1.92 bits per heavy atom. The molecule has 3 aromatic rings. The van der Waals surface area contributed by atoms with E-state index in [2.05, 4.69) is 10.4 Å². The number of carbonyl (C=O) groups excluding carboxylic acids is 1. The minimum atomic E-state index is -0.280. The van der Waals surface area contributed by atoms with Gasteiger partial charge in [-0.25, -0.2) is 4.39 Å². The van der Waals surface area contributed by atoms with Crippen molar-refractivity contribution in [2.24, 2.45) is 0 Å². The van der Waals surface area contributed by atoms with Gasteiger partial charge in [-0.1, -0.05) is 12.1 Å². The first kappa shape index (κ1) is 17.7. The van der Waals surface area contributed by atoms with Gasteiger partial charge in [-0.15, -0.1) is 0 Å². The van der Waals surface area contributed by atoms with Gasteiger partial charge in [0.1, 0.15) is 11.6 Å². The molecule has 0 aliphatic rings. The molecule has 0 atom stereocenters. The summed E-state index contributed by atoms with van der Waals surface area (Å²) in [7, 11) is 1.58. The molecule has 0 spiro atoms. The van der Waals surface area contributed by atoms with E-state index in [0.717, 1.165) is 11.3 Å². The summed E-state index contributed by atoms with van der Waals surface area (Å²) in [5.41, 5.74) is 3.53. The van der Waals surface area contributed by atoms with E-state index in [0.29, 0.717) is 29.2 Å². The normalized spacial score (nSPS) is 10.6. The molecule has 1 amide bonds. The Labute approximate surface area is 151 Å². The molecule has 26 heavy (non-hydrogen) atoms. The molecule has 1 aromatic heterocycles. The third kappa shape index (κ3) is 3.74. The number of nitrogens with one attached hydrogen (secondary N) is 1. The van der Waals surface area contributed by atoms with Gasteiger partial charge < -0.3 is 10.1 Å². The average molecular weight is 353 g/mol. The molecule has 0 radical (unpaired) electrons. The number of methoxy groups -OCH3 is 1. The molecule has 2 aromatic carbocycles.